The lowest BCUT2D eigenvalue weighted by atomic mass is 10.1. The van der Waals surface area contributed by atoms with Crippen LogP contribution in [-0.2, 0) is 0 Å². The van der Waals surface area contributed by atoms with Crippen molar-refractivity contribution in [3.63, 3.8) is 0 Å². The van der Waals surface area contributed by atoms with Crippen LogP contribution in [0, 0.1) is 0 Å². The van der Waals surface area contributed by atoms with Gasteiger partial charge in [0.2, 0.25) is 0 Å². The van der Waals surface area contributed by atoms with Crippen molar-refractivity contribution in [2.75, 3.05) is 23.3 Å². The Kier molecular flexibility index (Phi) is 2.90. The van der Waals surface area contributed by atoms with Crippen LogP contribution in [0.5, 0.6) is 0 Å². The standard InChI is InChI=1S/C17H13N3O3/c21-15-12-6-3-7-13(14(12)18-8-9-19-15)20-16(22)10-4-1-2-5-11(10)17(20)23/h1-7,18H,8-9H2,(H,19,21). The van der Waals surface area contributed by atoms with Gasteiger partial charge in [0.1, 0.15) is 0 Å². The predicted molar refractivity (Wildman–Crippen MR) is 84.8 cm³/mol. The van der Waals surface area contributed by atoms with Crippen molar-refractivity contribution >= 4 is 29.1 Å². The molecule has 0 saturated carbocycles. The van der Waals surface area contributed by atoms with Crippen molar-refractivity contribution in [3.8, 4) is 0 Å². The Morgan fingerprint density at radius 1 is 0.739 bits per heavy atom. The topological polar surface area (TPSA) is 78.5 Å². The molecule has 2 aliphatic heterocycles. The molecule has 0 fully saturated rings. The molecular formula is C17H13N3O3. The van der Waals surface area contributed by atoms with Gasteiger partial charge in [-0.25, -0.2) is 4.90 Å². The van der Waals surface area contributed by atoms with Crippen LogP contribution < -0.4 is 15.5 Å². The van der Waals surface area contributed by atoms with E-state index in [9.17, 15) is 14.4 Å². The number of carbonyl (C=O) groups excluding carboxylic acids is 3. The smallest absolute Gasteiger partial charge is 0.266 e. The molecule has 4 rings (SSSR count). The van der Waals surface area contributed by atoms with E-state index < -0.39 is 0 Å². The number of nitrogens with one attached hydrogen (secondary N) is 2. The van der Waals surface area contributed by atoms with Gasteiger partial charge in [-0.05, 0) is 24.3 Å². The maximum absolute atomic E-state index is 12.6. The Balaban J connectivity index is 1.87. The average Bonchev–Trinajstić information content (AvgIpc) is 2.71. The zero-order valence-electron chi connectivity index (χ0n) is 12.1. The van der Waals surface area contributed by atoms with E-state index in [1.165, 1.54) is 0 Å². The second kappa shape index (κ2) is 4.95. The monoisotopic (exact) mass is 307 g/mol. The first-order chi connectivity index (χ1) is 11.2. The van der Waals surface area contributed by atoms with Crippen molar-refractivity contribution < 1.29 is 14.4 Å². The molecule has 114 valence electrons. The summed E-state index contributed by atoms with van der Waals surface area (Å²) in [6, 6.07) is 11.7. The molecule has 23 heavy (non-hydrogen) atoms. The summed E-state index contributed by atoms with van der Waals surface area (Å²) in [5.74, 6) is -0.959. The number of imide groups is 1. The summed E-state index contributed by atoms with van der Waals surface area (Å²) in [6.45, 7) is 1.01. The summed E-state index contributed by atoms with van der Waals surface area (Å²) >= 11 is 0. The SMILES string of the molecule is O=C1NCCNc2c1cccc2N1C(=O)c2ccccc2C1=O. The highest BCUT2D eigenvalue weighted by atomic mass is 16.2. The molecule has 0 radical (unpaired) electrons. The molecule has 0 saturated heterocycles. The summed E-state index contributed by atoms with van der Waals surface area (Å²) in [5.41, 5.74) is 2.11. The fraction of sp³-hybridized carbons (Fsp3) is 0.118. The lowest BCUT2D eigenvalue weighted by molar-refractivity contribution is 0.0921. The van der Waals surface area contributed by atoms with Gasteiger partial charge in [0.05, 0.1) is 28.1 Å². The van der Waals surface area contributed by atoms with Crippen molar-refractivity contribution in [3.05, 3.63) is 59.2 Å². The van der Waals surface area contributed by atoms with Crippen molar-refractivity contribution in [1.82, 2.24) is 5.32 Å². The molecule has 0 aromatic heterocycles. The van der Waals surface area contributed by atoms with Crippen molar-refractivity contribution in [1.29, 1.82) is 0 Å². The fourth-order valence-electron chi connectivity index (χ4n) is 2.97. The van der Waals surface area contributed by atoms with Gasteiger partial charge >= 0.3 is 0 Å². The number of benzene rings is 2. The minimum absolute atomic E-state index is 0.219. The largest absolute Gasteiger partial charge is 0.381 e. The maximum Gasteiger partial charge on any atom is 0.266 e. The summed E-state index contributed by atoms with van der Waals surface area (Å²) in [5, 5.41) is 5.91. The van der Waals surface area contributed by atoms with E-state index in [0.717, 1.165) is 4.90 Å². The second-order valence-corrected chi connectivity index (χ2v) is 5.37. The van der Waals surface area contributed by atoms with Gasteiger partial charge in [-0.2, -0.15) is 0 Å². The molecular weight excluding hydrogens is 294 g/mol. The number of hydrogen-bond acceptors (Lipinski definition) is 4. The predicted octanol–water partition coefficient (Wildman–Crippen LogP) is 1.64. The van der Waals surface area contributed by atoms with Gasteiger partial charge in [0.15, 0.2) is 0 Å². The van der Waals surface area contributed by atoms with Gasteiger partial charge in [-0.3, -0.25) is 14.4 Å². The van der Waals surface area contributed by atoms with E-state index in [1.807, 2.05) is 0 Å². The van der Waals surface area contributed by atoms with Crippen LogP contribution in [-0.4, -0.2) is 30.8 Å². The number of hydrogen-bond donors (Lipinski definition) is 2. The molecule has 0 aliphatic carbocycles. The van der Waals surface area contributed by atoms with Crippen LogP contribution in [0.3, 0.4) is 0 Å². The van der Waals surface area contributed by atoms with E-state index in [2.05, 4.69) is 10.6 Å². The highest BCUT2D eigenvalue weighted by Gasteiger charge is 2.38. The van der Waals surface area contributed by atoms with E-state index in [1.54, 1.807) is 42.5 Å². The molecule has 3 amide bonds. The fourth-order valence-corrected chi connectivity index (χ4v) is 2.97. The number of rotatable bonds is 1. The second-order valence-electron chi connectivity index (χ2n) is 5.37. The minimum Gasteiger partial charge on any atom is -0.381 e. The van der Waals surface area contributed by atoms with E-state index in [4.69, 9.17) is 0 Å². The summed E-state index contributed by atoms with van der Waals surface area (Å²) in [7, 11) is 0. The quantitative estimate of drug-likeness (QED) is 0.785. The zero-order chi connectivity index (χ0) is 16.0. The number of para-hydroxylation sites is 1. The Morgan fingerprint density at radius 3 is 2.04 bits per heavy atom. The van der Waals surface area contributed by atoms with Crippen LogP contribution in [0.25, 0.3) is 0 Å². The van der Waals surface area contributed by atoms with Gasteiger partial charge < -0.3 is 10.6 Å². The van der Waals surface area contributed by atoms with Crippen molar-refractivity contribution in [2.24, 2.45) is 0 Å². The summed E-state index contributed by atoms with van der Waals surface area (Å²) in [4.78, 5) is 38.5. The number of carbonyl (C=O) groups is 3. The third-order valence-corrected chi connectivity index (χ3v) is 4.03. The average molecular weight is 307 g/mol. The normalized spacial score (nSPS) is 16.3. The molecule has 0 unspecified atom stereocenters. The molecule has 0 atom stereocenters. The van der Waals surface area contributed by atoms with Crippen LogP contribution in [0.15, 0.2) is 42.5 Å². The Hall–Kier alpha value is -3.15. The minimum atomic E-state index is -0.370. The summed E-state index contributed by atoms with van der Waals surface area (Å²) in [6.07, 6.45) is 0. The zero-order valence-corrected chi connectivity index (χ0v) is 12.1. The first-order valence-corrected chi connectivity index (χ1v) is 7.31. The molecule has 6 nitrogen and oxygen atoms in total. The third-order valence-electron chi connectivity index (χ3n) is 4.03. The first kappa shape index (κ1) is 13.5. The van der Waals surface area contributed by atoms with Gasteiger partial charge in [-0.15, -0.1) is 0 Å². The van der Waals surface area contributed by atoms with Crippen LogP contribution in [0.2, 0.25) is 0 Å². The molecule has 6 heteroatoms. The van der Waals surface area contributed by atoms with Crippen LogP contribution >= 0.6 is 0 Å². The Bertz CT molecular complexity index is 825. The molecule has 2 aromatic rings. The van der Waals surface area contributed by atoms with E-state index in [-0.39, 0.29) is 17.7 Å². The molecule has 2 aliphatic rings. The summed E-state index contributed by atoms with van der Waals surface area (Å²) < 4.78 is 0. The highest BCUT2D eigenvalue weighted by molar-refractivity contribution is 6.35. The van der Waals surface area contributed by atoms with Gasteiger partial charge in [0.25, 0.3) is 17.7 Å². The van der Waals surface area contributed by atoms with Crippen LogP contribution in [0.1, 0.15) is 31.1 Å². The molecule has 0 spiro atoms. The first-order valence-electron chi connectivity index (χ1n) is 7.31. The number of anilines is 2. The Morgan fingerprint density at radius 2 is 1.35 bits per heavy atom. The third kappa shape index (κ3) is 1.92. The van der Waals surface area contributed by atoms with E-state index in [0.29, 0.717) is 41.2 Å². The number of nitrogens with zero attached hydrogens (tertiary/aromatic N) is 1. The van der Waals surface area contributed by atoms with Gasteiger partial charge in [0, 0.05) is 13.1 Å². The van der Waals surface area contributed by atoms with Gasteiger partial charge in [-0.1, -0.05) is 18.2 Å². The maximum atomic E-state index is 12.6. The lowest BCUT2D eigenvalue weighted by Gasteiger charge is -2.19. The Labute approximate surface area is 132 Å². The molecule has 2 aromatic carbocycles. The lowest BCUT2D eigenvalue weighted by Crippen LogP contribution is -2.30. The van der Waals surface area contributed by atoms with E-state index >= 15 is 0 Å². The van der Waals surface area contributed by atoms with Crippen molar-refractivity contribution in [2.45, 2.75) is 0 Å². The highest BCUT2D eigenvalue weighted by Crippen LogP contribution is 2.35. The number of fused-ring (bicyclic) bond motifs is 2. The molecule has 0 bridgehead atoms. The van der Waals surface area contributed by atoms with Crippen LogP contribution in [0.4, 0.5) is 11.4 Å². The number of amides is 3. The molecule has 2 heterocycles. The molecule has 2 N–H and O–H groups in total.